The molecule has 0 spiro atoms. The summed E-state index contributed by atoms with van der Waals surface area (Å²) < 4.78 is 40.3. The van der Waals surface area contributed by atoms with Crippen molar-refractivity contribution < 1.29 is 18.3 Å². The molecule has 1 aromatic heterocycles. The molecule has 1 aliphatic carbocycles. The van der Waals surface area contributed by atoms with Crippen molar-refractivity contribution in [2.75, 3.05) is 0 Å². The van der Waals surface area contributed by atoms with E-state index in [4.69, 9.17) is 11.1 Å². The topological polar surface area (TPSA) is 112 Å². The highest BCUT2D eigenvalue weighted by Gasteiger charge is 2.35. The van der Waals surface area contributed by atoms with Crippen LogP contribution in [0.4, 0.5) is 13.2 Å². The van der Waals surface area contributed by atoms with Crippen LogP contribution in [0.15, 0.2) is 52.7 Å². The van der Waals surface area contributed by atoms with Gasteiger partial charge in [-0.05, 0) is 19.4 Å². The maximum absolute atomic E-state index is 13.2. The van der Waals surface area contributed by atoms with E-state index in [-0.39, 0.29) is 34.9 Å². The van der Waals surface area contributed by atoms with Crippen LogP contribution in [0.1, 0.15) is 17.7 Å². The van der Waals surface area contributed by atoms with E-state index in [0.717, 1.165) is 5.56 Å². The van der Waals surface area contributed by atoms with E-state index in [9.17, 15) is 18.3 Å². The molecular formula is C20H19F3N6O. The average Bonchev–Trinajstić information content (AvgIpc) is 3.20. The fourth-order valence-corrected chi connectivity index (χ4v) is 3.44. The van der Waals surface area contributed by atoms with E-state index in [1.807, 2.05) is 6.92 Å². The largest absolute Gasteiger partial charge is 0.504 e. The van der Waals surface area contributed by atoms with Gasteiger partial charge in [-0.3, -0.25) is 10.4 Å². The molecule has 5 N–H and O–H groups in total. The number of nitrogens with two attached hydrogens (primary N) is 1. The van der Waals surface area contributed by atoms with Gasteiger partial charge in [0.15, 0.2) is 11.6 Å². The lowest BCUT2D eigenvalue weighted by Gasteiger charge is -2.14. The Bertz CT molecular complexity index is 1110. The number of nitrogens with one attached hydrogen (secondary N) is 2. The predicted octanol–water partition coefficient (Wildman–Crippen LogP) is 2.99. The lowest BCUT2D eigenvalue weighted by molar-refractivity contribution is -0.142. The van der Waals surface area contributed by atoms with Gasteiger partial charge in [0.05, 0.1) is 6.04 Å². The zero-order valence-electron chi connectivity index (χ0n) is 16.0. The second kappa shape index (κ2) is 7.05. The third-order valence-electron chi connectivity index (χ3n) is 4.90. The van der Waals surface area contributed by atoms with Crippen LogP contribution in [0.3, 0.4) is 0 Å². The highest BCUT2D eigenvalue weighted by molar-refractivity contribution is 6.05. The molecule has 2 aliphatic rings. The van der Waals surface area contributed by atoms with Crippen LogP contribution in [-0.2, 0) is 6.54 Å². The van der Waals surface area contributed by atoms with Crippen LogP contribution >= 0.6 is 0 Å². The number of aryl methyl sites for hydroxylation is 1. The molecule has 0 fully saturated rings. The molecule has 30 heavy (non-hydrogen) atoms. The highest BCUT2D eigenvalue weighted by atomic mass is 19.4. The predicted molar refractivity (Wildman–Crippen MR) is 106 cm³/mol. The SMILES string of the molecule is Cc1ccc(-c2nn(CC(F)(F)F)c(C3=NC4CC=C(C(=N)N)C=C4N3)c2O)cc1. The molecule has 1 aromatic carbocycles. The number of nitrogens with zero attached hydrogens (tertiary/aromatic N) is 3. The molecule has 0 radical (unpaired) electrons. The van der Waals surface area contributed by atoms with Crippen LogP contribution in [0.5, 0.6) is 5.75 Å². The van der Waals surface area contributed by atoms with Crippen molar-refractivity contribution in [3.05, 3.63) is 58.9 Å². The molecule has 2 heterocycles. The number of aromatic hydroxyl groups is 1. The normalized spacial score (nSPS) is 18.3. The fourth-order valence-electron chi connectivity index (χ4n) is 3.44. The maximum Gasteiger partial charge on any atom is 0.408 e. The molecule has 4 rings (SSSR count). The number of hydrogen-bond acceptors (Lipinski definition) is 5. The summed E-state index contributed by atoms with van der Waals surface area (Å²) in [5, 5.41) is 25.4. The minimum Gasteiger partial charge on any atom is -0.504 e. The van der Waals surface area contributed by atoms with Crippen LogP contribution < -0.4 is 11.1 Å². The molecule has 156 valence electrons. The first-order chi connectivity index (χ1) is 14.1. The van der Waals surface area contributed by atoms with Crippen LogP contribution in [-0.4, -0.2) is 38.8 Å². The standard InChI is InChI=1S/C20H19F3N6O/c1-10-2-4-11(5-3-10)15-17(30)16(29(28-15)9-20(21,22)23)19-26-13-7-6-12(18(24)25)8-14(13)27-19/h2-6,8,13,30H,7,9H2,1H3,(H3,24,25)(H,26,27). The summed E-state index contributed by atoms with van der Waals surface area (Å²) in [5.74, 6) is -0.395. The summed E-state index contributed by atoms with van der Waals surface area (Å²) in [6.07, 6.45) is -0.715. The Labute approximate surface area is 169 Å². The lowest BCUT2D eigenvalue weighted by Crippen LogP contribution is -2.27. The number of hydrogen-bond donors (Lipinski definition) is 4. The third kappa shape index (κ3) is 3.68. The molecular weight excluding hydrogens is 397 g/mol. The highest BCUT2D eigenvalue weighted by Crippen LogP contribution is 2.35. The Morgan fingerprint density at radius 3 is 2.67 bits per heavy atom. The quantitative estimate of drug-likeness (QED) is 0.453. The van der Waals surface area contributed by atoms with Crippen molar-refractivity contribution in [2.24, 2.45) is 10.7 Å². The number of benzene rings is 1. The van der Waals surface area contributed by atoms with Crippen molar-refractivity contribution in [3.8, 4) is 17.0 Å². The van der Waals surface area contributed by atoms with Gasteiger partial charge in [0.1, 0.15) is 23.8 Å². The van der Waals surface area contributed by atoms with E-state index in [2.05, 4.69) is 15.4 Å². The number of amidine groups is 2. The second-order valence-electron chi connectivity index (χ2n) is 7.21. The molecule has 0 saturated heterocycles. The van der Waals surface area contributed by atoms with E-state index in [0.29, 0.717) is 27.9 Å². The van der Waals surface area contributed by atoms with Gasteiger partial charge in [0.2, 0.25) is 0 Å². The smallest absolute Gasteiger partial charge is 0.408 e. The number of fused-ring (bicyclic) bond motifs is 1. The van der Waals surface area contributed by atoms with Gasteiger partial charge >= 0.3 is 6.18 Å². The minimum atomic E-state index is -4.54. The summed E-state index contributed by atoms with van der Waals surface area (Å²) in [6.45, 7) is 0.510. The van der Waals surface area contributed by atoms with Crippen LogP contribution in [0.2, 0.25) is 0 Å². The minimum absolute atomic E-state index is 0.0464. The fraction of sp³-hybridized carbons (Fsp3) is 0.250. The van der Waals surface area contributed by atoms with Crippen LogP contribution in [0, 0.1) is 12.3 Å². The van der Waals surface area contributed by atoms with Crippen molar-refractivity contribution >= 4 is 11.7 Å². The molecule has 2 aromatic rings. The number of alkyl halides is 3. The summed E-state index contributed by atoms with van der Waals surface area (Å²) in [6, 6.07) is 6.61. The van der Waals surface area contributed by atoms with E-state index >= 15 is 0 Å². The van der Waals surface area contributed by atoms with Gasteiger partial charge in [-0.1, -0.05) is 35.9 Å². The zero-order valence-corrected chi connectivity index (χ0v) is 16.0. The summed E-state index contributed by atoms with van der Waals surface area (Å²) >= 11 is 0. The summed E-state index contributed by atoms with van der Waals surface area (Å²) in [5.41, 5.74) is 8.01. The van der Waals surface area contributed by atoms with Gasteiger partial charge in [-0.25, -0.2) is 4.68 Å². The van der Waals surface area contributed by atoms with Gasteiger partial charge in [0.25, 0.3) is 0 Å². The number of aliphatic imine (C=N–C) groups is 1. The van der Waals surface area contributed by atoms with Crippen molar-refractivity contribution in [3.63, 3.8) is 0 Å². The Balaban J connectivity index is 1.77. The van der Waals surface area contributed by atoms with E-state index < -0.39 is 12.7 Å². The lowest BCUT2D eigenvalue weighted by atomic mass is 10.0. The van der Waals surface area contributed by atoms with Crippen molar-refractivity contribution in [2.45, 2.75) is 32.1 Å². The Kier molecular flexibility index (Phi) is 4.64. The maximum atomic E-state index is 13.2. The first kappa shape index (κ1) is 19.7. The first-order valence-electron chi connectivity index (χ1n) is 9.17. The molecule has 0 saturated carbocycles. The molecule has 1 unspecified atom stereocenters. The Morgan fingerprint density at radius 2 is 2.03 bits per heavy atom. The van der Waals surface area contributed by atoms with Gasteiger partial charge in [0, 0.05) is 16.8 Å². The molecule has 0 amide bonds. The molecule has 7 nitrogen and oxygen atoms in total. The summed E-state index contributed by atoms with van der Waals surface area (Å²) in [7, 11) is 0. The first-order valence-corrected chi connectivity index (χ1v) is 9.17. The number of halogens is 3. The second-order valence-corrected chi connectivity index (χ2v) is 7.21. The van der Waals surface area contributed by atoms with Crippen molar-refractivity contribution in [1.29, 1.82) is 5.41 Å². The van der Waals surface area contributed by atoms with Gasteiger partial charge < -0.3 is 16.2 Å². The van der Waals surface area contributed by atoms with Crippen molar-refractivity contribution in [1.82, 2.24) is 15.1 Å². The van der Waals surface area contributed by atoms with Gasteiger partial charge in [-0.15, -0.1) is 0 Å². The van der Waals surface area contributed by atoms with E-state index in [1.54, 1.807) is 36.4 Å². The monoisotopic (exact) mass is 416 g/mol. The summed E-state index contributed by atoms with van der Waals surface area (Å²) in [4.78, 5) is 4.44. The third-order valence-corrected chi connectivity index (χ3v) is 4.90. The molecule has 1 atom stereocenters. The molecule has 0 bridgehead atoms. The zero-order chi connectivity index (χ0) is 21.6. The molecule has 1 aliphatic heterocycles. The number of aromatic nitrogens is 2. The average molecular weight is 416 g/mol. The van der Waals surface area contributed by atoms with E-state index in [1.165, 1.54) is 0 Å². The molecule has 10 heteroatoms. The Hall–Kier alpha value is -3.56. The Morgan fingerprint density at radius 1 is 1.33 bits per heavy atom. The van der Waals surface area contributed by atoms with Gasteiger partial charge in [-0.2, -0.15) is 18.3 Å². The van der Waals surface area contributed by atoms with Crippen LogP contribution in [0.25, 0.3) is 11.3 Å². The number of rotatable bonds is 4.